The van der Waals surface area contributed by atoms with Crippen LogP contribution in [-0.4, -0.2) is 18.2 Å². The summed E-state index contributed by atoms with van der Waals surface area (Å²) in [4.78, 5) is 11.5. The molecule has 1 amide bonds. The summed E-state index contributed by atoms with van der Waals surface area (Å²) < 4.78 is 10.2. The molecule has 88 valence electrons. The largest absolute Gasteiger partial charge is 0.497 e. The Balaban J connectivity index is 2.35. The number of hydrogen-bond acceptors (Lipinski definition) is 4. The van der Waals surface area contributed by atoms with Crippen LogP contribution in [0.25, 0.3) is 5.57 Å². The van der Waals surface area contributed by atoms with Crippen LogP contribution in [0.2, 0.25) is 0 Å². The third kappa shape index (κ3) is 2.29. The summed E-state index contributed by atoms with van der Waals surface area (Å²) in [5.41, 5.74) is 1.63. The molecule has 1 fully saturated rings. The number of ether oxygens (including phenoxy) is 2. The first kappa shape index (κ1) is 11.6. The van der Waals surface area contributed by atoms with E-state index in [2.05, 4.69) is 5.32 Å². The fourth-order valence-electron chi connectivity index (χ4n) is 1.53. The minimum absolute atomic E-state index is 0.0952. The molecule has 0 spiro atoms. The molecule has 1 aliphatic rings. The van der Waals surface area contributed by atoms with E-state index in [1.165, 1.54) is 0 Å². The van der Waals surface area contributed by atoms with Crippen molar-refractivity contribution < 1.29 is 14.3 Å². The number of benzene rings is 1. The molecule has 1 aromatic carbocycles. The molecule has 1 aromatic rings. The van der Waals surface area contributed by atoms with Gasteiger partial charge in [-0.05, 0) is 36.8 Å². The molecule has 1 heterocycles. The van der Waals surface area contributed by atoms with Gasteiger partial charge in [0, 0.05) is 5.57 Å². The number of thiocarbonyl (C=S) groups is 1. The van der Waals surface area contributed by atoms with Crippen molar-refractivity contribution in [2.24, 2.45) is 0 Å². The molecule has 0 aliphatic carbocycles. The average molecular weight is 249 g/mol. The second-order valence-corrected chi connectivity index (χ2v) is 3.90. The molecule has 1 N–H and O–H groups in total. The highest BCUT2D eigenvalue weighted by Crippen LogP contribution is 2.23. The number of hydrogen-bond donors (Lipinski definition) is 1. The fourth-order valence-corrected chi connectivity index (χ4v) is 1.71. The number of rotatable bonds is 2. The Morgan fingerprint density at radius 3 is 2.47 bits per heavy atom. The van der Waals surface area contributed by atoms with Crippen molar-refractivity contribution in [1.82, 2.24) is 5.32 Å². The second-order valence-electron chi connectivity index (χ2n) is 3.53. The zero-order valence-corrected chi connectivity index (χ0v) is 10.3. The summed E-state index contributed by atoms with van der Waals surface area (Å²) in [7, 11) is 1.60. The zero-order chi connectivity index (χ0) is 12.4. The monoisotopic (exact) mass is 249 g/mol. The fraction of sp³-hybridized carbons (Fsp3) is 0.167. The van der Waals surface area contributed by atoms with Gasteiger partial charge in [0.1, 0.15) is 5.75 Å². The molecular weight excluding hydrogens is 238 g/mol. The molecule has 0 unspecified atom stereocenters. The van der Waals surface area contributed by atoms with E-state index in [1.54, 1.807) is 7.11 Å². The lowest BCUT2D eigenvalue weighted by Gasteiger charge is -2.05. The Hall–Kier alpha value is -1.88. The topological polar surface area (TPSA) is 47.6 Å². The van der Waals surface area contributed by atoms with Gasteiger partial charge in [0.05, 0.1) is 7.11 Å². The highest BCUT2D eigenvalue weighted by molar-refractivity contribution is 7.80. The maximum absolute atomic E-state index is 11.5. The van der Waals surface area contributed by atoms with E-state index in [0.29, 0.717) is 0 Å². The number of amides is 1. The summed E-state index contributed by atoms with van der Waals surface area (Å²) >= 11 is 4.77. The second kappa shape index (κ2) is 4.55. The van der Waals surface area contributed by atoms with Gasteiger partial charge in [0.15, 0.2) is 5.76 Å². The first-order chi connectivity index (χ1) is 8.11. The van der Waals surface area contributed by atoms with Crippen LogP contribution in [0.4, 0.5) is 0 Å². The minimum Gasteiger partial charge on any atom is -0.497 e. The molecule has 0 atom stereocenters. The van der Waals surface area contributed by atoms with Crippen molar-refractivity contribution in [3.63, 3.8) is 0 Å². The molecule has 0 bridgehead atoms. The highest BCUT2D eigenvalue weighted by atomic mass is 32.1. The van der Waals surface area contributed by atoms with Gasteiger partial charge in [0.2, 0.25) is 0 Å². The molecule has 2 rings (SSSR count). The lowest BCUT2D eigenvalue weighted by molar-refractivity contribution is -0.116. The van der Waals surface area contributed by atoms with Crippen molar-refractivity contribution in [3.05, 3.63) is 35.6 Å². The first-order valence-electron chi connectivity index (χ1n) is 5.00. The molecule has 4 nitrogen and oxygen atoms in total. The van der Waals surface area contributed by atoms with Crippen molar-refractivity contribution >= 4 is 28.9 Å². The van der Waals surface area contributed by atoms with Crippen LogP contribution in [0.5, 0.6) is 5.75 Å². The maximum Gasteiger partial charge on any atom is 0.294 e. The molecule has 0 aromatic heterocycles. The van der Waals surface area contributed by atoms with E-state index in [0.717, 1.165) is 16.9 Å². The molecule has 0 saturated carbocycles. The lowest BCUT2D eigenvalue weighted by atomic mass is 10.1. The molecule has 1 saturated heterocycles. The Labute approximate surface area is 104 Å². The van der Waals surface area contributed by atoms with Gasteiger partial charge < -0.3 is 9.47 Å². The van der Waals surface area contributed by atoms with E-state index < -0.39 is 0 Å². The normalized spacial score (nSPS) is 17.5. The average Bonchev–Trinajstić information content (AvgIpc) is 2.68. The standard InChI is InChI=1S/C12H11NO3S/c1-7(10-11(14)13-12(17)16-10)8-3-5-9(15-2)6-4-8/h3-6H,1-2H3,(H,13,14,17)/b10-7+. The van der Waals surface area contributed by atoms with Crippen LogP contribution in [-0.2, 0) is 9.53 Å². The SMILES string of the molecule is COc1ccc(/C(C)=C2/OC(=S)NC2=O)cc1. The van der Waals surface area contributed by atoms with E-state index in [4.69, 9.17) is 21.7 Å². The minimum atomic E-state index is -0.302. The van der Waals surface area contributed by atoms with Crippen LogP contribution >= 0.6 is 12.2 Å². The summed E-state index contributed by atoms with van der Waals surface area (Å²) in [6.07, 6.45) is 0. The van der Waals surface area contributed by atoms with Crippen molar-refractivity contribution in [1.29, 1.82) is 0 Å². The smallest absolute Gasteiger partial charge is 0.294 e. The Morgan fingerprint density at radius 2 is 2.00 bits per heavy atom. The van der Waals surface area contributed by atoms with Gasteiger partial charge in [-0.25, -0.2) is 0 Å². The van der Waals surface area contributed by atoms with Gasteiger partial charge in [-0.3, -0.25) is 10.1 Å². The molecular formula is C12H11NO3S. The van der Waals surface area contributed by atoms with Crippen molar-refractivity contribution in [3.8, 4) is 5.75 Å². The van der Waals surface area contributed by atoms with Crippen LogP contribution in [0, 0.1) is 0 Å². The summed E-state index contributed by atoms with van der Waals surface area (Å²) in [6, 6.07) is 7.37. The third-order valence-corrected chi connectivity index (χ3v) is 2.67. The van der Waals surface area contributed by atoms with Gasteiger partial charge in [-0.2, -0.15) is 0 Å². The number of allylic oxidation sites excluding steroid dienone is 1. The Kier molecular flexibility index (Phi) is 3.10. The van der Waals surface area contributed by atoms with Gasteiger partial charge in [-0.15, -0.1) is 0 Å². The zero-order valence-electron chi connectivity index (χ0n) is 9.44. The molecule has 17 heavy (non-hydrogen) atoms. The number of methoxy groups -OCH3 is 1. The van der Waals surface area contributed by atoms with Gasteiger partial charge in [0.25, 0.3) is 11.1 Å². The van der Waals surface area contributed by atoms with Crippen LogP contribution in [0.3, 0.4) is 0 Å². The quantitative estimate of drug-likeness (QED) is 0.642. The van der Waals surface area contributed by atoms with Crippen LogP contribution < -0.4 is 10.1 Å². The molecule has 5 heteroatoms. The van der Waals surface area contributed by atoms with Crippen LogP contribution in [0.1, 0.15) is 12.5 Å². The van der Waals surface area contributed by atoms with Crippen molar-refractivity contribution in [2.45, 2.75) is 6.92 Å². The predicted octanol–water partition coefficient (Wildman–Crippen LogP) is 1.86. The predicted molar refractivity (Wildman–Crippen MR) is 67.4 cm³/mol. The van der Waals surface area contributed by atoms with E-state index in [1.807, 2.05) is 31.2 Å². The number of carbonyl (C=O) groups excluding carboxylic acids is 1. The van der Waals surface area contributed by atoms with Gasteiger partial charge >= 0.3 is 0 Å². The Bertz CT molecular complexity index is 505. The lowest BCUT2D eigenvalue weighted by Crippen LogP contribution is -2.18. The third-order valence-electron chi connectivity index (χ3n) is 2.48. The summed E-state index contributed by atoms with van der Waals surface area (Å²) in [5, 5.41) is 2.52. The number of carbonyl (C=O) groups is 1. The van der Waals surface area contributed by atoms with Crippen molar-refractivity contribution in [2.75, 3.05) is 7.11 Å². The number of nitrogens with one attached hydrogen (secondary N) is 1. The van der Waals surface area contributed by atoms with E-state index in [9.17, 15) is 4.79 Å². The first-order valence-corrected chi connectivity index (χ1v) is 5.41. The molecule has 1 aliphatic heterocycles. The molecule has 0 radical (unpaired) electrons. The van der Waals surface area contributed by atoms with E-state index >= 15 is 0 Å². The van der Waals surface area contributed by atoms with E-state index in [-0.39, 0.29) is 16.8 Å². The maximum atomic E-state index is 11.5. The summed E-state index contributed by atoms with van der Waals surface area (Å²) in [6.45, 7) is 1.81. The summed E-state index contributed by atoms with van der Waals surface area (Å²) in [5.74, 6) is 0.711. The van der Waals surface area contributed by atoms with Crippen LogP contribution in [0.15, 0.2) is 30.0 Å². The Morgan fingerprint density at radius 1 is 1.35 bits per heavy atom. The van der Waals surface area contributed by atoms with Gasteiger partial charge in [-0.1, -0.05) is 12.1 Å². The highest BCUT2D eigenvalue weighted by Gasteiger charge is 2.25.